The number of nitrogens with zero attached hydrogens (tertiary/aromatic N) is 1. The van der Waals surface area contributed by atoms with Crippen LogP contribution in [0.25, 0.3) is 0 Å². The van der Waals surface area contributed by atoms with E-state index in [0.717, 1.165) is 34.2 Å². The lowest BCUT2D eigenvalue weighted by atomic mass is 9.87. The summed E-state index contributed by atoms with van der Waals surface area (Å²) in [6.45, 7) is 4.62. The molecule has 5 rings (SSSR count). The molecule has 39 heavy (non-hydrogen) atoms. The van der Waals surface area contributed by atoms with Crippen LogP contribution in [-0.2, 0) is 17.8 Å². The number of hydrogen-bond acceptors (Lipinski definition) is 3. The highest BCUT2D eigenvalue weighted by Crippen LogP contribution is 2.38. The molecule has 198 valence electrons. The first-order valence-electron chi connectivity index (χ1n) is 13.1. The van der Waals surface area contributed by atoms with Crippen LogP contribution >= 0.6 is 0 Å². The molecule has 4 aromatic rings. The maximum absolute atomic E-state index is 13.7. The molecule has 6 heteroatoms. The molecule has 0 radical (unpaired) electrons. The summed E-state index contributed by atoms with van der Waals surface area (Å²) in [5, 5.41) is 2.84. The van der Waals surface area contributed by atoms with E-state index in [9.17, 15) is 14.0 Å². The molecule has 1 aliphatic rings. The van der Waals surface area contributed by atoms with Gasteiger partial charge >= 0.3 is 0 Å². The standard InChI is InChI=1S/C33H31FN2O3/c1-22-7-6-10-27(19-22)31-30-20-29(39-23(2)32(37)35-21-24-11-14-28(34)15-12-24)16-13-25(30)17-18-36(31)33(38)26-8-4-3-5-9-26/h3-16,19-20,23,31H,17-18,21H2,1-2H3,(H,35,37)/t23-,31+/m0/s1. The van der Waals surface area contributed by atoms with Gasteiger partial charge in [-0.3, -0.25) is 9.59 Å². The summed E-state index contributed by atoms with van der Waals surface area (Å²) in [4.78, 5) is 28.3. The Bertz CT molecular complexity index is 1470. The van der Waals surface area contributed by atoms with Crippen LogP contribution in [0.3, 0.4) is 0 Å². The van der Waals surface area contributed by atoms with Crippen molar-refractivity contribution in [3.8, 4) is 5.75 Å². The van der Waals surface area contributed by atoms with Crippen LogP contribution < -0.4 is 10.1 Å². The van der Waals surface area contributed by atoms with Crippen molar-refractivity contribution in [3.63, 3.8) is 0 Å². The van der Waals surface area contributed by atoms with Crippen LogP contribution in [0.15, 0.2) is 97.1 Å². The zero-order chi connectivity index (χ0) is 27.4. The van der Waals surface area contributed by atoms with Gasteiger partial charge in [-0.1, -0.05) is 66.2 Å². The SMILES string of the molecule is Cc1cccc([C@@H]2c3cc(O[C@@H](C)C(=O)NCc4ccc(F)cc4)ccc3CCN2C(=O)c2ccccc2)c1. The molecule has 1 heterocycles. The van der Waals surface area contributed by atoms with Gasteiger partial charge in [0.1, 0.15) is 11.6 Å². The molecule has 5 nitrogen and oxygen atoms in total. The number of nitrogens with one attached hydrogen (secondary N) is 1. The zero-order valence-corrected chi connectivity index (χ0v) is 22.1. The normalized spacial score (nSPS) is 15.3. The van der Waals surface area contributed by atoms with Crippen molar-refractivity contribution in [3.05, 3.63) is 136 Å². The van der Waals surface area contributed by atoms with Gasteiger partial charge in [0.2, 0.25) is 0 Å². The first kappa shape index (κ1) is 26.2. The third kappa shape index (κ3) is 6.01. The Morgan fingerprint density at radius 3 is 2.49 bits per heavy atom. The van der Waals surface area contributed by atoms with Crippen LogP contribution in [-0.4, -0.2) is 29.4 Å². The largest absolute Gasteiger partial charge is 0.481 e. The summed E-state index contributed by atoms with van der Waals surface area (Å²) >= 11 is 0. The molecule has 0 spiro atoms. The van der Waals surface area contributed by atoms with Gasteiger partial charge in [-0.25, -0.2) is 4.39 Å². The average molecular weight is 523 g/mol. The summed E-state index contributed by atoms with van der Waals surface area (Å²) in [5.74, 6) is -0.0483. The van der Waals surface area contributed by atoms with E-state index in [1.54, 1.807) is 19.1 Å². The summed E-state index contributed by atoms with van der Waals surface area (Å²) < 4.78 is 19.2. The molecule has 0 fully saturated rings. The minimum atomic E-state index is -0.744. The molecule has 2 atom stereocenters. The van der Waals surface area contributed by atoms with Gasteiger partial charge in [0, 0.05) is 18.7 Å². The Labute approximate surface area is 228 Å². The zero-order valence-electron chi connectivity index (χ0n) is 22.1. The minimum absolute atomic E-state index is 0.0207. The van der Waals surface area contributed by atoms with E-state index in [0.29, 0.717) is 17.9 Å². The fraction of sp³-hybridized carbons (Fsp3) is 0.212. The van der Waals surface area contributed by atoms with E-state index < -0.39 is 6.10 Å². The number of ether oxygens (including phenoxy) is 1. The molecule has 4 aromatic carbocycles. The second kappa shape index (κ2) is 11.5. The summed E-state index contributed by atoms with van der Waals surface area (Å²) in [6, 6.07) is 29.2. The van der Waals surface area contributed by atoms with E-state index >= 15 is 0 Å². The molecule has 1 aliphatic heterocycles. The monoisotopic (exact) mass is 522 g/mol. The van der Waals surface area contributed by atoms with Crippen molar-refractivity contribution in [2.45, 2.75) is 39.0 Å². The van der Waals surface area contributed by atoms with Crippen LogP contribution in [0, 0.1) is 12.7 Å². The number of rotatable bonds is 7. The fourth-order valence-corrected chi connectivity index (χ4v) is 5.02. The Hall–Kier alpha value is -4.45. The predicted molar refractivity (Wildman–Crippen MR) is 149 cm³/mol. The Morgan fingerprint density at radius 1 is 0.974 bits per heavy atom. The lowest BCUT2D eigenvalue weighted by Crippen LogP contribution is -2.40. The second-order valence-corrected chi connectivity index (χ2v) is 9.90. The predicted octanol–water partition coefficient (Wildman–Crippen LogP) is 6.01. The van der Waals surface area contributed by atoms with E-state index in [4.69, 9.17) is 4.74 Å². The maximum atomic E-state index is 13.7. The fourth-order valence-electron chi connectivity index (χ4n) is 5.02. The molecule has 0 saturated heterocycles. The van der Waals surface area contributed by atoms with E-state index in [1.165, 1.54) is 12.1 Å². The van der Waals surface area contributed by atoms with Crippen LogP contribution in [0.2, 0.25) is 0 Å². The Morgan fingerprint density at radius 2 is 1.74 bits per heavy atom. The van der Waals surface area contributed by atoms with Gasteiger partial charge in [0.05, 0.1) is 6.04 Å². The van der Waals surface area contributed by atoms with Crippen LogP contribution in [0.5, 0.6) is 5.75 Å². The highest BCUT2D eigenvalue weighted by Gasteiger charge is 2.33. The van der Waals surface area contributed by atoms with Crippen molar-refractivity contribution >= 4 is 11.8 Å². The summed E-state index contributed by atoms with van der Waals surface area (Å²) in [7, 11) is 0. The van der Waals surface area contributed by atoms with Crippen LogP contribution in [0.1, 0.15) is 51.1 Å². The van der Waals surface area contributed by atoms with E-state index in [1.807, 2.05) is 72.5 Å². The van der Waals surface area contributed by atoms with Gasteiger partial charge in [0.25, 0.3) is 11.8 Å². The molecular weight excluding hydrogens is 491 g/mol. The Kier molecular flexibility index (Phi) is 7.73. The summed E-state index contributed by atoms with van der Waals surface area (Å²) in [5.41, 5.74) is 5.74. The molecular formula is C33H31FN2O3. The third-order valence-corrected chi connectivity index (χ3v) is 7.05. The van der Waals surface area contributed by atoms with Gasteiger partial charge in [-0.05, 0) is 78.9 Å². The van der Waals surface area contributed by atoms with Gasteiger partial charge in [-0.2, -0.15) is 0 Å². The molecule has 0 aromatic heterocycles. The van der Waals surface area contributed by atoms with Crippen molar-refractivity contribution in [1.82, 2.24) is 10.2 Å². The number of fused-ring (bicyclic) bond motifs is 1. The first-order valence-corrected chi connectivity index (χ1v) is 13.1. The number of carbonyl (C=O) groups is 2. The van der Waals surface area contributed by atoms with Crippen molar-refractivity contribution in [1.29, 1.82) is 0 Å². The van der Waals surface area contributed by atoms with E-state index in [2.05, 4.69) is 17.4 Å². The molecule has 1 N–H and O–H groups in total. The number of hydrogen-bond donors (Lipinski definition) is 1. The lowest BCUT2D eigenvalue weighted by molar-refractivity contribution is -0.127. The van der Waals surface area contributed by atoms with Gasteiger partial charge < -0.3 is 15.0 Å². The molecule has 0 saturated carbocycles. The Balaban J connectivity index is 1.39. The highest BCUT2D eigenvalue weighted by atomic mass is 19.1. The van der Waals surface area contributed by atoms with Crippen molar-refractivity contribution in [2.75, 3.05) is 6.54 Å². The minimum Gasteiger partial charge on any atom is -0.481 e. The second-order valence-electron chi connectivity index (χ2n) is 9.90. The quantitative estimate of drug-likeness (QED) is 0.324. The number of benzene rings is 4. The molecule has 0 aliphatic carbocycles. The first-order chi connectivity index (χ1) is 18.9. The lowest BCUT2D eigenvalue weighted by Gasteiger charge is -2.38. The number of aryl methyl sites for hydroxylation is 1. The van der Waals surface area contributed by atoms with Crippen molar-refractivity contribution < 1.29 is 18.7 Å². The van der Waals surface area contributed by atoms with Gasteiger partial charge in [0.15, 0.2) is 6.10 Å². The number of halogens is 1. The number of amides is 2. The summed E-state index contributed by atoms with van der Waals surface area (Å²) in [6.07, 6.45) is -0.0175. The maximum Gasteiger partial charge on any atom is 0.261 e. The topological polar surface area (TPSA) is 58.6 Å². The van der Waals surface area contributed by atoms with Crippen LogP contribution in [0.4, 0.5) is 4.39 Å². The third-order valence-electron chi connectivity index (χ3n) is 7.05. The van der Waals surface area contributed by atoms with E-state index in [-0.39, 0.29) is 30.2 Å². The van der Waals surface area contributed by atoms with Gasteiger partial charge in [-0.15, -0.1) is 0 Å². The molecule has 0 unspecified atom stereocenters. The molecule has 2 amide bonds. The smallest absolute Gasteiger partial charge is 0.261 e. The molecule has 0 bridgehead atoms. The average Bonchev–Trinajstić information content (AvgIpc) is 2.96. The van der Waals surface area contributed by atoms with Crippen molar-refractivity contribution in [2.24, 2.45) is 0 Å². The number of carbonyl (C=O) groups excluding carboxylic acids is 2. The highest BCUT2D eigenvalue weighted by molar-refractivity contribution is 5.95.